The van der Waals surface area contributed by atoms with Gasteiger partial charge in [0.15, 0.2) is 11.5 Å². The van der Waals surface area contributed by atoms with Crippen LogP contribution in [0.2, 0.25) is 0 Å². The Kier molecular flexibility index (Phi) is 2.88. The van der Waals surface area contributed by atoms with Crippen LogP contribution in [0.25, 0.3) is 11.3 Å². The third-order valence-electron chi connectivity index (χ3n) is 3.00. The van der Waals surface area contributed by atoms with E-state index in [-0.39, 0.29) is 24.1 Å². The maximum atomic E-state index is 9.23. The molecule has 8 heteroatoms. The van der Waals surface area contributed by atoms with E-state index in [1.165, 1.54) is 7.11 Å². The first kappa shape index (κ1) is 12.8. The summed E-state index contributed by atoms with van der Waals surface area (Å²) >= 11 is 0. The summed E-state index contributed by atoms with van der Waals surface area (Å²) in [7, 11) is 1.51. The maximum Gasteiger partial charge on any atom is 0.231 e. The second-order valence-electron chi connectivity index (χ2n) is 4.21. The van der Waals surface area contributed by atoms with Gasteiger partial charge in [-0.3, -0.25) is 0 Å². The summed E-state index contributed by atoms with van der Waals surface area (Å²) in [5, 5.41) is 9.23. The van der Waals surface area contributed by atoms with Crippen molar-refractivity contribution >= 4 is 11.8 Å². The number of ether oxygens (including phenoxy) is 3. The van der Waals surface area contributed by atoms with E-state index < -0.39 is 0 Å². The molecule has 1 aliphatic heterocycles. The highest BCUT2D eigenvalue weighted by atomic mass is 16.7. The third-order valence-corrected chi connectivity index (χ3v) is 3.00. The molecule has 4 N–H and O–H groups in total. The maximum absolute atomic E-state index is 9.23. The molecule has 0 fully saturated rings. The van der Waals surface area contributed by atoms with Crippen LogP contribution in [-0.2, 0) is 0 Å². The van der Waals surface area contributed by atoms with Crippen molar-refractivity contribution in [2.75, 3.05) is 25.4 Å². The number of anilines is 2. The van der Waals surface area contributed by atoms with Crippen LogP contribution in [0.3, 0.4) is 0 Å². The molecular formula is C13H11N5O3. The minimum atomic E-state index is -0.0156. The average molecular weight is 285 g/mol. The summed E-state index contributed by atoms with van der Waals surface area (Å²) in [4.78, 5) is 7.87. The predicted octanol–water partition coefficient (Wildman–Crippen LogP) is 0.917. The first-order valence-electron chi connectivity index (χ1n) is 5.95. The quantitative estimate of drug-likeness (QED) is 0.833. The summed E-state index contributed by atoms with van der Waals surface area (Å²) in [6, 6.07) is 5.34. The highest BCUT2D eigenvalue weighted by Gasteiger charge is 2.23. The SMILES string of the molecule is COc1cc(-c2nc(N)nc(N)c2C#N)cc2c1OCO2. The Morgan fingerprint density at radius 2 is 2.10 bits per heavy atom. The van der Waals surface area contributed by atoms with Crippen LogP contribution >= 0.6 is 0 Å². The number of nitriles is 1. The van der Waals surface area contributed by atoms with Gasteiger partial charge in [-0.25, -0.2) is 4.98 Å². The fraction of sp³-hybridized carbons (Fsp3) is 0.154. The van der Waals surface area contributed by atoms with E-state index >= 15 is 0 Å². The molecule has 0 bridgehead atoms. The van der Waals surface area contributed by atoms with E-state index in [1.807, 2.05) is 6.07 Å². The predicted molar refractivity (Wildman–Crippen MR) is 73.7 cm³/mol. The number of hydrogen-bond acceptors (Lipinski definition) is 8. The molecule has 0 saturated heterocycles. The normalized spacial score (nSPS) is 12.0. The smallest absolute Gasteiger partial charge is 0.231 e. The van der Waals surface area contributed by atoms with Crippen LogP contribution in [0.4, 0.5) is 11.8 Å². The highest BCUT2D eigenvalue weighted by molar-refractivity contribution is 5.76. The van der Waals surface area contributed by atoms with Crippen LogP contribution in [0.15, 0.2) is 12.1 Å². The summed E-state index contributed by atoms with van der Waals surface area (Å²) in [6.07, 6.45) is 0. The van der Waals surface area contributed by atoms with Crippen molar-refractivity contribution in [3.8, 4) is 34.6 Å². The summed E-state index contributed by atoms with van der Waals surface area (Å²) < 4.78 is 15.9. The van der Waals surface area contributed by atoms with Crippen LogP contribution in [0.1, 0.15) is 5.56 Å². The van der Waals surface area contributed by atoms with Gasteiger partial charge in [-0.2, -0.15) is 10.2 Å². The zero-order chi connectivity index (χ0) is 15.0. The number of benzene rings is 1. The molecule has 1 aromatic carbocycles. The van der Waals surface area contributed by atoms with Crippen molar-refractivity contribution in [2.45, 2.75) is 0 Å². The second-order valence-corrected chi connectivity index (χ2v) is 4.21. The Bertz CT molecular complexity index is 769. The monoisotopic (exact) mass is 285 g/mol. The Labute approximate surface area is 119 Å². The van der Waals surface area contributed by atoms with E-state index in [0.717, 1.165) is 0 Å². The largest absolute Gasteiger partial charge is 0.493 e. The van der Waals surface area contributed by atoms with Crippen molar-refractivity contribution in [2.24, 2.45) is 0 Å². The fourth-order valence-electron chi connectivity index (χ4n) is 2.08. The molecule has 0 saturated carbocycles. The van der Waals surface area contributed by atoms with Crippen molar-refractivity contribution in [1.82, 2.24) is 9.97 Å². The van der Waals surface area contributed by atoms with Gasteiger partial charge in [-0.1, -0.05) is 0 Å². The summed E-state index contributed by atoms with van der Waals surface area (Å²) in [5.41, 5.74) is 12.4. The summed E-state index contributed by atoms with van der Waals surface area (Å²) in [5.74, 6) is 1.49. The van der Waals surface area contributed by atoms with Gasteiger partial charge in [0.2, 0.25) is 18.5 Å². The zero-order valence-electron chi connectivity index (χ0n) is 11.1. The summed E-state index contributed by atoms with van der Waals surface area (Å²) in [6.45, 7) is 0.105. The van der Waals surface area contributed by atoms with E-state index in [1.54, 1.807) is 12.1 Å². The Morgan fingerprint density at radius 3 is 2.81 bits per heavy atom. The number of aromatic nitrogens is 2. The lowest BCUT2D eigenvalue weighted by Gasteiger charge is -2.10. The zero-order valence-corrected chi connectivity index (χ0v) is 11.1. The Morgan fingerprint density at radius 1 is 1.29 bits per heavy atom. The molecule has 0 unspecified atom stereocenters. The average Bonchev–Trinajstić information content (AvgIpc) is 2.93. The molecule has 0 atom stereocenters. The molecule has 2 aromatic rings. The van der Waals surface area contributed by atoms with Crippen LogP contribution in [-0.4, -0.2) is 23.9 Å². The first-order chi connectivity index (χ1) is 10.1. The molecule has 8 nitrogen and oxygen atoms in total. The number of nitrogen functional groups attached to an aromatic ring is 2. The molecule has 106 valence electrons. The molecular weight excluding hydrogens is 274 g/mol. The fourth-order valence-corrected chi connectivity index (χ4v) is 2.08. The second kappa shape index (κ2) is 4.72. The van der Waals surface area contributed by atoms with Gasteiger partial charge < -0.3 is 25.7 Å². The Hall–Kier alpha value is -3.21. The number of hydrogen-bond donors (Lipinski definition) is 2. The minimum absolute atomic E-state index is 0.0156. The van der Waals surface area contributed by atoms with Crippen molar-refractivity contribution < 1.29 is 14.2 Å². The molecule has 0 amide bonds. The van der Waals surface area contributed by atoms with Crippen molar-refractivity contribution in [3.05, 3.63) is 17.7 Å². The van der Waals surface area contributed by atoms with E-state index in [9.17, 15) is 5.26 Å². The third kappa shape index (κ3) is 2.01. The van der Waals surface area contributed by atoms with Crippen molar-refractivity contribution in [1.29, 1.82) is 5.26 Å². The number of methoxy groups -OCH3 is 1. The lowest BCUT2D eigenvalue weighted by molar-refractivity contribution is 0.171. The first-order valence-corrected chi connectivity index (χ1v) is 5.95. The Balaban J connectivity index is 2.25. The number of fused-ring (bicyclic) bond motifs is 1. The molecule has 3 rings (SSSR count). The van der Waals surface area contributed by atoms with E-state index in [4.69, 9.17) is 25.7 Å². The van der Waals surface area contributed by atoms with Gasteiger partial charge in [0.05, 0.1) is 12.8 Å². The van der Waals surface area contributed by atoms with Gasteiger partial charge in [0.1, 0.15) is 17.5 Å². The molecule has 0 radical (unpaired) electrons. The number of nitrogens with zero attached hydrogens (tertiary/aromatic N) is 3. The molecule has 0 aliphatic carbocycles. The van der Waals surface area contributed by atoms with Gasteiger partial charge in [0.25, 0.3) is 0 Å². The van der Waals surface area contributed by atoms with Crippen LogP contribution in [0, 0.1) is 11.3 Å². The van der Waals surface area contributed by atoms with Gasteiger partial charge in [-0.05, 0) is 12.1 Å². The minimum Gasteiger partial charge on any atom is -0.493 e. The van der Waals surface area contributed by atoms with Gasteiger partial charge in [0, 0.05) is 5.56 Å². The lowest BCUT2D eigenvalue weighted by atomic mass is 10.1. The molecule has 21 heavy (non-hydrogen) atoms. The number of rotatable bonds is 2. The van der Waals surface area contributed by atoms with Crippen LogP contribution in [0.5, 0.6) is 17.2 Å². The molecule has 2 heterocycles. The van der Waals surface area contributed by atoms with Gasteiger partial charge >= 0.3 is 0 Å². The van der Waals surface area contributed by atoms with Crippen molar-refractivity contribution in [3.63, 3.8) is 0 Å². The van der Waals surface area contributed by atoms with E-state index in [2.05, 4.69) is 9.97 Å². The van der Waals surface area contributed by atoms with E-state index in [0.29, 0.717) is 28.5 Å². The standard InChI is InChI=1S/C13H11N5O3/c1-19-8-2-6(3-9-11(8)21-5-20-9)10-7(4-14)12(15)18-13(16)17-10/h2-3H,5H2,1H3,(H4,15,16,17,18). The molecule has 0 spiro atoms. The molecule has 1 aliphatic rings. The van der Waals surface area contributed by atoms with Crippen LogP contribution < -0.4 is 25.7 Å². The highest BCUT2D eigenvalue weighted by Crippen LogP contribution is 2.44. The lowest BCUT2D eigenvalue weighted by Crippen LogP contribution is -2.05. The van der Waals surface area contributed by atoms with Gasteiger partial charge in [-0.15, -0.1) is 0 Å². The number of nitrogens with two attached hydrogens (primary N) is 2. The molecule has 1 aromatic heterocycles. The topological polar surface area (TPSA) is 129 Å².